The molecule has 0 saturated carbocycles. The van der Waals surface area contributed by atoms with Crippen molar-refractivity contribution < 1.29 is 43.1 Å². The summed E-state index contributed by atoms with van der Waals surface area (Å²) in [6, 6.07) is 0.0143. The number of nitrogens with zero attached hydrogens (tertiary/aromatic N) is 1. The van der Waals surface area contributed by atoms with Gasteiger partial charge in [-0.1, -0.05) is 45.9 Å². The lowest BCUT2D eigenvalue weighted by Crippen LogP contribution is -2.60. The summed E-state index contributed by atoms with van der Waals surface area (Å²) in [5, 5.41) is 12.1. The monoisotopic (exact) mass is 651 g/mol. The van der Waals surface area contributed by atoms with E-state index in [0.717, 1.165) is 12.0 Å². The second kappa shape index (κ2) is 15.7. The van der Waals surface area contributed by atoms with E-state index in [1.807, 2.05) is 48.7 Å². The van der Waals surface area contributed by atoms with Crippen LogP contribution in [0.15, 0.2) is 23.8 Å². The molecule has 3 aliphatic rings. The lowest BCUT2D eigenvalue weighted by molar-refractivity contribution is -0.300. The molecule has 1 unspecified atom stereocenters. The van der Waals surface area contributed by atoms with E-state index < -0.39 is 59.7 Å². The largest absolute Gasteiger partial charge is 0.459 e. The summed E-state index contributed by atoms with van der Waals surface area (Å²) in [6.45, 7) is 21.5. The van der Waals surface area contributed by atoms with Gasteiger partial charge in [0.05, 0.1) is 37.1 Å². The molecule has 0 amide bonds. The number of cyclic esters (lactones) is 1. The Kier molecular flexibility index (Phi) is 13.2. The highest BCUT2D eigenvalue weighted by atomic mass is 16.7. The predicted molar refractivity (Wildman–Crippen MR) is 176 cm³/mol. The molecule has 0 radical (unpaired) electrons. The Balaban J connectivity index is 2.25. The molecule has 2 bridgehead atoms. The summed E-state index contributed by atoms with van der Waals surface area (Å²) in [5.74, 6) is -3.26. The van der Waals surface area contributed by atoms with E-state index >= 15 is 0 Å². The van der Waals surface area contributed by atoms with Crippen LogP contribution in [0.3, 0.4) is 0 Å². The third kappa shape index (κ3) is 8.13. The van der Waals surface area contributed by atoms with Crippen LogP contribution < -0.4 is 0 Å². The lowest BCUT2D eigenvalue weighted by atomic mass is 9.72. The topological polar surface area (TPSA) is 113 Å². The summed E-state index contributed by atoms with van der Waals surface area (Å²) >= 11 is 0. The average Bonchev–Trinajstić information content (AvgIpc) is 3.00. The van der Waals surface area contributed by atoms with Gasteiger partial charge in [-0.15, -0.1) is 0 Å². The van der Waals surface area contributed by atoms with Crippen molar-refractivity contribution in [2.24, 2.45) is 23.7 Å². The van der Waals surface area contributed by atoms with Crippen LogP contribution in [-0.4, -0.2) is 110 Å². The third-order valence-corrected chi connectivity index (χ3v) is 10.6. The van der Waals surface area contributed by atoms with Gasteiger partial charge in [-0.2, -0.15) is 0 Å². The molecule has 3 fully saturated rings. The van der Waals surface area contributed by atoms with Gasteiger partial charge in [-0.25, -0.2) is 0 Å². The number of aliphatic hydroxyl groups is 1. The van der Waals surface area contributed by atoms with Crippen LogP contribution in [0.5, 0.6) is 0 Å². The fourth-order valence-electron chi connectivity index (χ4n) is 8.03. The zero-order valence-corrected chi connectivity index (χ0v) is 30.3. The first-order valence-electron chi connectivity index (χ1n) is 17.0. The van der Waals surface area contributed by atoms with E-state index in [1.165, 1.54) is 0 Å². The molecule has 10 nitrogen and oxygen atoms in total. The van der Waals surface area contributed by atoms with Crippen LogP contribution in [0.1, 0.15) is 81.6 Å². The van der Waals surface area contributed by atoms with Crippen molar-refractivity contribution in [1.29, 1.82) is 0 Å². The predicted octanol–water partition coefficient (Wildman–Crippen LogP) is 4.72. The van der Waals surface area contributed by atoms with Gasteiger partial charge < -0.3 is 38.4 Å². The van der Waals surface area contributed by atoms with E-state index in [9.17, 15) is 14.7 Å². The Morgan fingerprint density at radius 1 is 1.09 bits per heavy atom. The first-order valence-corrected chi connectivity index (χ1v) is 17.0. The first-order chi connectivity index (χ1) is 21.4. The highest BCUT2D eigenvalue weighted by molar-refractivity contribution is 6.00. The minimum Gasteiger partial charge on any atom is -0.459 e. The molecule has 3 heterocycles. The summed E-state index contributed by atoms with van der Waals surface area (Å²) in [7, 11) is 5.65. The van der Waals surface area contributed by atoms with Crippen LogP contribution in [0, 0.1) is 23.7 Å². The Morgan fingerprint density at radius 3 is 2.30 bits per heavy atom. The third-order valence-electron chi connectivity index (χ3n) is 10.6. The molecule has 0 aromatic heterocycles. The molecule has 0 aromatic carbocycles. The fraction of sp³-hybridized carbons (Fsp3) is 0.833. The number of ether oxygens (including phenoxy) is 6. The maximum Gasteiger partial charge on any atom is 0.316 e. The molecule has 1 N–H and O–H groups in total. The number of fused-ring (bicyclic) bond motifs is 5. The summed E-state index contributed by atoms with van der Waals surface area (Å²) in [5.41, 5.74) is -0.870. The number of rotatable bonds is 5. The molecule has 0 spiro atoms. The number of carbonyl (C=O) groups excluding carboxylic acids is 2. The van der Waals surface area contributed by atoms with E-state index in [2.05, 4.69) is 24.5 Å². The molecule has 13 atom stereocenters. The molecule has 3 aliphatic heterocycles. The molecule has 264 valence electrons. The van der Waals surface area contributed by atoms with Crippen molar-refractivity contribution in [3.63, 3.8) is 0 Å². The second-order valence-corrected chi connectivity index (χ2v) is 14.6. The number of hydrogen-bond acceptors (Lipinski definition) is 10. The Hall–Kier alpha value is -1.66. The molecular formula is C36H61NO9. The number of Topliss-reactive ketones (excluding diaryl/α,β-unsaturated/α-hetero) is 1. The van der Waals surface area contributed by atoms with Crippen LogP contribution in [0.2, 0.25) is 0 Å². The molecule has 46 heavy (non-hydrogen) atoms. The Morgan fingerprint density at radius 2 is 1.74 bits per heavy atom. The zero-order valence-electron chi connectivity index (χ0n) is 30.3. The molecule has 0 aliphatic carbocycles. The number of carbonyl (C=O) groups is 2. The SMILES string of the molecule is C=C1CO[C@@H]2[C@@H](C)/C(=C/C)[C@H](C)C[C@@](C)(OC1)[C@H](O[C@@H]1O[C@H](C)C[C@H](N(C)C)[C@H]1OC)[C@@H](C)C(=O)C(C)C(=O)O[C@H](CC)[C@@]2(C)O. The van der Waals surface area contributed by atoms with Crippen molar-refractivity contribution in [2.75, 3.05) is 34.4 Å². The summed E-state index contributed by atoms with van der Waals surface area (Å²) in [4.78, 5) is 30.0. The van der Waals surface area contributed by atoms with Gasteiger partial charge in [0.1, 0.15) is 23.7 Å². The fourth-order valence-corrected chi connectivity index (χ4v) is 8.03. The molecule has 0 aromatic rings. The summed E-state index contributed by atoms with van der Waals surface area (Å²) < 4.78 is 38.5. The molecule has 3 rings (SSSR count). The van der Waals surface area contributed by atoms with Crippen LogP contribution in [0.4, 0.5) is 0 Å². The number of allylic oxidation sites excluding steroid dienone is 1. The van der Waals surface area contributed by atoms with Crippen LogP contribution >= 0.6 is 0 Å². The minimum absolute atomic E-state index is 0.0143. The van der Waals surface area contributed by atoms with Gasteiger partial charge in [-0.3, -0.25) is 9.59 Å². The van der Waals surface area contributed by atoms with E-state index in [1.54, 1.807) is 27.9 Å². The Bertz CT molecular complexity index is 1110. The maximum atomic E-state index is 14.2. The van der Waals surface area contributed by atoms with Gasteiger partial charge >= 0.3 is 5.97 Å². The number of hydrogen-bond donors (Lipinski definition) is 1. The first kappa shape index (κ1) is 38.8. The summed E-state index contributed by atoms with van der Waals surface area (Å²) in [6.07, 6.45) is -0.202. The van der Waals surface area contributed by atoms with Gasteiger partial charge in [-0.05, 0) is 79.5 Å². The standard InChI is InChI=1S/C36H61NO9/c1-14-26-21(4)17-35(9)31(46-34-30(41-13)27(37(11)12)16-22(5)44-34)24(7)29(38)25(8)33(39)45-28(15-2)36(10,40)32(23(26)6)42-18-20(3)19-43-35/h14,21-25,27-28,30-32,34,40H,3,15-19H2,1-2,4-13H3/b26-14+/t21-,22-,23+,24+,25?,27+,28-,30-,31-,32-,34+,35-,36-/m1/s1. The van der Waals surface area contributed by atoms with Gasteiger partial charge in [0, 0.05) is 25.0 Å². The van der Waals surface area contributed by atoms with Crippen molar-refractivity contribution in [3.05, 3.63) is 23.8 Å². The van der Waals surface area contributed by atoms with Crippen LogP contribution in [0.25, 0.3) is 0 Å². The van der Waals surface area contributed by atoms with Gasteiger partial charge in [0.25, 0.3) is 0 Å². The second-order valence-electron chi connectivity index (χ2n) is 14.6. The normalized spacial score (nSPS) is 44.8. The lowest BCUT2D eigenvalue weighted by Gasteiger charge is -2.48. The molecule has 10 heteroatoms. The van der Waals surface area contributed by atoms with E-state index in [4.69, 9.17) is 28.4 Å². The number of ketones is 1. The number of methoxy groups -OCH3 is 1. The molecular weight excluding hydrogens is 590 g/mol. The van der Waals surface area contributed by atoms with E-state index in [-0.39, 0.29) is 43.0 Å². The highest BCUT2D eigenvalue weighted by Gasteiger charge is 2.52. The highest BCUT2D eigenvalue weighted by Crippen LogP contribution is 2.42. The van der Waals surface area contributed by atoms with Gasteiger partial charge in [0.15, 0.2) is 12.1 Å². The average molecular weight is 652 g/mol. The zero-order chi connectivity index (χ0) is 34.7. The number of likely N-dealkylation sites (N-methyl/N-ethyl adjacent to an activating group) is 1. The smallest absolute Gasteiger partial charge is 0.316 e. The van der Waals surface area contributed by atoms with Crippen LogP contribution in [-0.2, 0) is 38.0 Å². The van der Waals surface area contributed by atoms with Crippen molar-refractivity contribution >= 4 is 11.8 Å². The number of esters is 1. The Labute approximate surface area is 277 Å². The van der Waals surface area contributed by atoms with Crippen molar-refractivity contribution in [3.8, 4) is 0 Å². The van der Waals surface area contributed by atoms with Crippen molar-refractivity contribution in [1.82, 2.24) is 4.90 Å². The quantitative estimate of drug-likeness (QED) is 0.255. The maximum absolute atomic E-state index is 14.2. The minimum atomic E-state index is -1.56. The molecule has 3 saturated heterocycles. The van der Waals surface area contributed by atoms with E-state index in [0.29, 0.717) is 18.4 Å². The van der Waals surface area contributed by atoms with Crippen molar-refractivity contribution in [2.45, 2.75) is 136 Å². The van der Waals surface area contributed by atoms with Gasteiger partial charge in [0.2, 0.25) is 0 Å².